The number of hydrogen-bond donors (Lipinski definition) is 2. The van der Waals surface area contributed by atoms with Crippen LogP contribution >= 0.6 is 12.2 Å². The van der Waals surface area contributed by atoms with Gasteiger partial charge >= 0.3 is 0 Å². The zero-order valence-electron chi connectivity index (χ0n) is 10.6. The predicted octanol–water partition coefficient (Wildman–Crippen LogP) is 0.752. The van der Waals surface area contributed by atoms with Crippen molar-refractivity contribution in [3.8, 4) is 0 Å². The van der Waals surface area contributed by atoms with Crippen molar-refractivity contribution in [1.82, 2.24) is 14.7 Å². The van der Waals surface area contributed by atoms with Crippen LogP contribution < -0.4 is 11.1 Å². The van der Waals surface area contributed by atoms with Gasteiger partial charge in [-0.1, -0.05) is 0 Å². The van der Waals surface area contributed by atoms with Crippen molar-refractivity contribution in [1.29, 1.82) is 0 Å². The Labute approximate surface area is 112 Å². The monoisotopic (exact) mass is 265 g/mol. The smallest absolute Gasteiger partial charge is 0.193 e. The fourth-order valence-corrected chi connectivity index (χ4v) is 3.21. The molecule has 98 valence electrons. The van der Waals surface area contributed by atoms with Crippen LogP contribution in [0.1, 0.15) is 30.0 Å². The summed E-state index contributed by atoms with van der Waals surface area (Å²) in [6.07, 6.45) is 3.49. The summed E-state index contributed by atoms with van der Waals surface area (Å²) in [5.41, 5.74) is 8.26. The van der Waals surface area contributed by atoms with Gasteiger partial charge in [-0.05, 0) is 45.1 Å². The summed E-state index contributed by atoms with van der Waals surface area (Å²) in [4.78, 5) is 2.38. The number of fused-ring (bicyclic) bond motifs is 1. The first kappa shape index (κ1) is 11.9. The second-order valence-corrected chi connectivity index (χ2v) is 5.66. The molecule has 1 saturated heterocycles. The molecule has 0 amide bonds. The minimum absolute atomic E-state index is 0.330. The van der Waals surface area contributed by atoms with Crippen molar-refractivity contribution in [2.45, 2.75) is 25.2 Å². The van der Waals surface area contributed by atoms with Gasteiger partial charge in [-0.2, -0.15) is 9.78 Å². The molecule has 1 unspecified atom stereocenters. The summed E-state index contributed by atoms with van der Waals surface area (Å²) in [5, 5.41) is 8.32. The average molecular weight is 265 g/mol. The molecule has 0 aliphatic carbocycles. The fourth-order valence-electron chi connectivity index (χ4n) is 3.08. The predicted molar refractivity (Wildman–Crippen MR) is 76.1 cm³/mol. The van der Waals surface area contributed by atoms with Crippen molar-refractivity contribution in [2.24, 2.45) is 5.73 Å². The Kier molecular flexibility index (Phi) is 2.99. The molecular formula is C12H19N5S. The summed E-state index contributed by atoms with van der Waals surface area (Å²) >= 11 is 5.07. The van der Waals surface area contributed by atoms with Gasteiger partial charge in [0.2, 0.25) is 0 Å². The number of likely N-dealkylation sites (tertiary alicyclic amines) is 1. The van der Waals surface area contributed by atoms with E-state index in [1.807, 2.05) is 0 Å². The zero-order valence-corrected chi connectivity index (χ0v) is 11.5. The summed E-state index contributed by atoms with van der Waals surface area (Å²) in [5.74, 6) is 1.54. The lowest BCUT2D eigenvalue weighted by Gasteiger charge is -2.29. The van der Waals surface area contributed by atoms with E-state index in [0.717, 1.165) is 25.3 Å². The van der Waals surface area contributed by atoms with Gasteiger partial charge in [0.1, 0.15) is 5.82 Å². The second kappa shape index (κ2) is 4.51. The fraction of sp³-hybridized carbons (Fsp3) is 0.667. The van der Waals surface area contributed by atoms with Crippen LogP contribution in [0.3, 0.4) is 0 Å². The van der Waals surface area contributed by atoms with Gasteiger partial charge in [-0.3, -0.25) is 0 Å². The Hall–Kier alpha value is -1.14. The Morgan fingerprint density at radius 1 is 1.56 bits per heavy atom. The van der Waals surface area contributed by atoms with Crippen molar-refractivity contribution in [3.63, 3.8) is 0 Å². The molecule has 1 aromatic heterocycles. The number of nitrogens with two attached hydrogens (primary N) is 1. The highest BCUT2D eigenvalue weighted by atomic mass is 32.1. The quantitative estimate of drug-likeness (QED) is 0.734. The summed E-state index contributed by atoms with van der Waals surface area (Å²) in [6, 6.07) is 0. The first-order chi connectivity index (χ1) is 8.66. The largest absolute Gasteiger partial charge is 0.374 e. The van der Waals surface area contributed by atoms with Crippen LogP contribution in [0.25, 0.3) is 0 Å². The highest BCUT2D eigenvalue weighted by Crippen LogP contribution is 2.34. The lowest BCUT2D eigenvalue weighted by Crippen LogP contribution is -2.31. The Balaban J connectivity index is 1.97. The van der Waals surface area contributed by atoms with E-state index in [2.05, 4.69) is 22.4 Å². The number of hydrogen-bond acceptors (Lipinski definition) is 4. The number of nitrogens with zero attached hydrogens (tertiary/aromatic N) is 3. The third-order valence-electron chi connectivity index (χ3n) is 3.90. The normalized spacial score (nSPS) is 23.7. The van der Waals surface area contributed by atoms with E-state index in [1.54, 1.807) is 4.68 Å². The SMILES string of the molecule is CN1CCCC(c2nn(C(N)=S)c3c2CCN3)C1. The minimum Gasteiger partial charge on any atom is -0.374 e. The van der Waals surface area contributed by atoms with Crippen LogP contribution in [0, 0.1) is 0 Å². The van der Waals surface area contributed by atoms with Gasteiger partial charge in [0.15, 0.2) is 5.11 Å². The van der Waals surface area contributed by atoms with Crippen LogP contribution in [0.4, 0.5) is 5.82 Å². The minimum atomic E-state index is 0.330. The molecule has 6 heteroatoms. The van der Waals surface area contributed by atoms with E-state index >= 15 is 0 Å². The Morgan fingerprint density at radius 3 is 3.11 bits per heavy atom. The van der Waals surface area contributed by atoms with Crippen LogP contribution in [-0.2, 0) is 6.42 Å². The van der Waals surface area contributed by atoms with Crippen LogP contribution in [0.15, 0.2) is 0 Å². The van der Waals surface area contributed by atoms with Gasteiger partial charge in [0.05, 0.1) is 5.69 Å². The highest BCUT2D eigenvalue weighted by Gasteiger charge is 2.29. The molecule has 0 saturated carbocycles. The first-order valence-electron chi connectivity index (χ1n) is 6.51. The standard InChI is InChI=1S/C12H19N5S/c1-16-6-2-3-8(7-16)10-9-4-5-14-11(9)17(15-10)12(13)18/h8,14H,2-7H2,1H3,(H2,13,18). The van der Waals surface area contributed by atoms with E-state index in [4.69, 9.17) is 18.0 Å². The molecule has 3 rings (SSSR count). The molecule has 2 aliphatic heterocycles. The molecule has 0 aromatic carbocycles. The molecule has 3 N–H and O–H groups in total. The summed E-state index contributed by atoms with van der Waals surface area (Å²) in [6.45, 7) is 3.24. The molecule has 1 atom stereocenters. The number of piperidine rings is 1. The number of likely N-dealkylation sites (N-methyl/N-ethyl adjacent to an activating group) is 1. The maximum atomic E-state index is 5.74. The van der Waals surface area contributed by atoms with Crippen molar-refractivity contribution in [2.75, 3.05) is 32.0 Å². The first-order valence-corrected chi connectivity index (χ1v) is 6.91. The van der Waals surface area contributed by atoms with Crippen LogP contribution in [0.5, 0.6) is 0 Å². The molecular weight excluding hydrogens is 246 g/mol. The number of thiocarbonyl (C=S) groups is 1. The van der Waals surface area contributed by atoms with E-state index in [1.165, 1.54) is 30.6 Å². The number of aromatic nitrogens is 2. The van der Waals surface area contributed by atoms with Gasteiger partial charge in [0.25, 0.3) is 0 Å². The van der Waals surface area contributed by atoms with Crippen molar-refractivity contribution in [3.05, 3.63) is 11.3 Å². The zero-order chi connectivity index (χ0) is 12.7. The van der Waals surface area contributed by atoms with Gasteiger partial charge in [-0.25, -0.2) is 0 Å². The van der Waals surface area contributed by atoms with Crippen molar-refractivity contribution >= 4 is 23.1 Å². The second-order valence-electron chi connectivity index (χ2n) is 5.24. The van der Waals surface area contributed by atoms with E-state index in [0.29, 0.717) is 11.0 Å². The molecule has 18 heavy (non-hydrogen) atoms. The van der Waals surface area contributed by atoms with Gasteiger partial charge in [-0.15, -0.1) is 0 Å². The molecule has 1 aromatic rings. The molecule has 0 bridgehead atoms. The lowest BCUT2D eigenvalue weighted by atomic mass is 9.92. The third-order valence-corrected chi connectivity index (χ3v) is 4.07. The van der Waals surface area contributed by atoms with Crippen LogP contribution in [-0.4, -0.2) is 46.5 Å². The third kappa shape index (κ3) is 1.89. The summed E-state index contributed by atoms with van der Waals surface area (Å²) in [7, 11) is 2.18. The molecule has 3 heterocycles. The number of nitrogens with one attached hydrogen (secondary N) is 1. The molecule has 1 fully saturated rings. The van der Waals surface area contributed by atoms with Crippen molar-refractivity contribution < 1.29 is 0 Å². The lowest BCUT2D eigenvalue weighted by molar-refractivity contribution is 0.247. The highest BCUT2D eigenvalue weighted by molar-refractivity contribution is 7.80. The Bertz CT molecular complexity index is 481. The van der Waals surface area contributed by atoms with Gasteiger partial charge < -0.3 is 16.0 Å². The molecule has 0 radical (unpaired) electrons. The molecule has 0 spiro atoms. The molecule has 5 nitrogen and oxygen atoms in total. The van der Waals surface area contributed by atoms with E-state index in [9.17, 15) is 0 Å². The topological polar surface area (TPSA) is 59.1 Å². The number of anilines is 1. The number of rotatable bonds is 1. The van der Waals surface area contributed by atoms with Gasteiger partial charge in [0, 0.05) is 24.6 Å². The summed E-state index contributed by atoms with van der Waals surface area (Å²) < 4.78 is 1.70. The Morgan fingerprint density at radius 2 is 2.39 bits per heavy atom. The van der Waals surface area contributed by atoms with Crippen LogP contribution in [0.2, 0.25) is 0 Å². The van der Waals surface area contributed by atoms with E-state index in [-0.39, 0.29) is 0 Å². The maximum absolute atomic E-state index is 5.74. The molecule has 2 aliphatic rings. The average Bonchev–Trinajstić information content (AvgIpc) is 2.88. The maximum Gasteiger partial charge on any atom is 0.193 e. The van der Waals surface area contributed by atoms with E-state index < -0.39 is 0 Å².